The lowest BCUT2D eigenvalue weighted by Crippen LogP contribution is -2.29. The predicted molar refractivity (Wildman–Crippen MR) is 143 cm³/mol. The molecule has 0 heterocycles. The Morgan fingerprint density at radius 1 is 0.457 bits per heavy atom. The third-order valence-corrected chi connectivity index (χ3v) is 10.6. The minimum Gasteiger partial charge on any atom is -0.393 e. The first-order valence-electron chi connectivity index (χ1n) is 15.9. The normalized spacial score (nSPS) is 24.2. The minimum atomic E-state index is -0.251. The molecule has 0 aromatic heterocycles. The van der Waals surface area contributed by atoms with Gasteiger partial charge in [-0.15, -0.1) is 0 Å². The predicted octanol–water partition coefficient (Wildman–Crippen LogP) is 9.17. The van der Waals surface area contributed by atoms with E-state index in [1.165, 1.54) is 128 Å². The molecule has 0 aromatic rings. The molecule has 0 amide bonds. The molecule has 35 heavy (non-hydrogen) atoms. The molecule has 4 rings (SSSR count). The van der Waals surface area contributed by atoms with Gasteiger partial charge in [0.25, 0.3) is 0 Å². The Hall–Kier alpha value is -0.860. The van der Waals surface area contributed by atoms with E-state index in [-0.39, 0.29) is 11.9 Å². The largest absolute Gasteiger partial charge is 0.393 e. The van der Waals surface area contributed by atoms with Gasteiger partial charge in [0.1, 0.15) is 0 Å². The summed E-state index contributed by atoms with van der Waals surface area (Å²) in [5.41, 5.74) is 0. The molecular formula is C32H54O3. The lowest BCUT2D eigenvalue weighted by molar-refractivity contribution is -0.160. The fraction of sp³-hybridized carbons (Fsp3) is 0.938. The Bertz CT molecular complexity index is 529. The molecule has 0 atom stereocenters. The van der Waals surface area contributed by atoms with Crippen LogP contribution in [0.2, 0.25) is 0 Å². The number of hydrogen-bond donors (Lipinski definition) is 0. The standard InChI is InChI=1S/C32H54O3/c33-31(23-21-29(25-13-5-1-6-14-25)26-15-7-2-8-16-26)35-32(34)24-22-30(27-17-9-3-10-18-27)28-19-11-4-12-20-28/h25-30H,1-24H2. The maximum absolute atomic E-state index is 12.7. The summed E-state index contributed by atoms with van der Waals surface area (Å²) in [7, 11) is 0. The number of esters is 2. The van der Waals surface area contributed by atoms with Crippen molar-refractivity contribution in [3.8, 4) is 0 Å². The van der Waals surface area contributed by atoms with Crippen molar-refractivity contribution in [1.82, 2.24) is 0 Å². The van der Waals surface area contributed by atoms with Crippen molar-refractivity contribution in [2.75, 3.05) is 0 Å². The zero-order chi connectivity index (χ0) is 24.3. The van der Waals surface area contributed by atoms with Crippen molar-refractivity contribution in [1.29, 1.82) is 0 Å². The Labute approximate surface area is 215 Å². The SMILES string of the molecule is O=C(CCC(C1CCCCC1)C1CCCCC1)OC(=O)CCC(C1CCCCC1)C1CCCCC1. The number of ether oxygens (including phenoxy) is 1. The Balaban J connectivity index is 1.24. The van der Waals surface area contributed by atoms with E-state index >= 15 is 0 Å². The van der Waals surface area contributed by atoms with Crippen LogP contribution in [0.4, 0.5) is 0 Å². The van der Waals surface area contributed by atoms with Gasteiger partial charge in [-0.1, -0.05) is 128 Å². The second kappa shape index (κ2) is 14.8. The average Bonchev–Trinajstić information content (AvgIpc) is 2.91. The van der Waals surface area contributed by atoms with Crippen molar-refractivity contribution in [3.05, 3.63) is 0 Å². The number of hydrogen-bond acceptors (Lipinski definition) is 3. The molecule has 0 N–H and O–H groups in total. The topological polar surface area (TPSA) is 43.4 Å². The summed E-state index contributed by atoms with van der Waals surface area (Å²) < 4.78 is 5.42. The highest BCUT2D eigenvalue weighted by molar-refractivity contribution is 5.85. The van der Waals surface area contributed by atoms with Gasteiger partial charge < -0.3 is 4.74 Å². The van der Waals surface area contributed by atoms with E-state index < -0.39 is 0 Å². The third-order valence-electron chi connectivity index (χ3n) is 10.6. The Kier molecular flexibility index (Phi) is 11.5. The van der Waals surface area contributed by atoms with Crippen LogP contribution < -0.4 is 0 Å². The van der Waals surface area contributed by atoms with Gasteiger partial charge in [0, 0.05) is 12.8 Å². The van der Waals surface area contributed by atoms with Gasteiger partial charge in [0.05, 0.1) is 0 Å². The fourth-order valence-electron chi connectivity index (χ4n) is 8.76. The molecule has 4 aliphatic carbocycles. The molecule has 200 valence electrons. The first-order chi connectivity index (χ1) is 17.2. The summed E-state index contributed by atoms with van der Waals surface area (Å²) >= 11 is 0. The van der Waals surface area contributed by atoms with Crippen LogP contribution in [-0.2, 0) is 14.3 Å². The summed E-state index contributed by atoms with van der Waals surface area (Å²) in [5.74, 6) is 4.01. The van der Waals surface area contributed by atoms with Crippen molar-refractivity contribution >= 4 is 11.9 Å². The van der Waals surface area contributed by atoms with Crippen molar-refractivity contribution in [2.45, 2.75) is 154 Å². The highest BCUT2D eigenvalue weighted by atomic mass is 16.6. The van der Waals surface area contributed by atoms with E-state index in [1.807, 2.05) is 0 Å². The zero-order valence-corrected chi connectivity index (χ0v) is 22.7. The van der Waals surface area contributed by atoms with Gasteiger partial charge in [-0.3, -0.25) is 9.59 Å². The van der Waals surface area contributed by atoms with Gasteiger partial charge in [0.15, 0.2) is 0 Å². The molecular weight excluding hydrogens is 432 g/mol. The molecule has 0 unspecified atom stereocenters. The van der Waals surface area contributed by atoms with Crippen molar-refractivity contribution in [3.63, 3.8) is 0 Å². The van der Waals surface area contributed by atoms with Crippen LogP contribution in [0.25, 0.3) is 0 Å². The zero-order valence-electron chi connectivity index (χ0n) is 22.7. The molecule has 0 saturated heterocycles. The first kappa shape index (κ1) is 27.2. The van der Waals surface area contributed by atoms with E-state index in [1.54, 1.807) is 0 Å². The van der Waals surface area contributed by atoms with Crippen molar-refractivity contribution < 1.29 is 14.3 Å². The fourth-order valence-corrected chi connectivity index (χ4v) is 8.76. The maximum atomic E-state index is 12.7. The quantitative estimate of drug-likeness (QED) is 0.228. The highest BCUT2D eigenvalue weighted by Gasteiger charge is 2.33. The third kappa shape index (κ3) is 8.60. The van der Waals surface area contributed by atoms with Crippen molar-refractivity contribution in [2.24, 2.45) is 35.5 Å². The first-order valence-corrected chi connectivity index (χ1v) is 15.9. The molecule has 0 aliphatic heterocycles. The van der Waals surface area contributed by atoms with E-state index in [2.05, 4.69) is 0 Å². The highest BCUT2D eigenvalue weighted by Crippen LogP contribution is 2.43. The van der Waals surface area contributed by atoms with Crippen LogP contribution in [0, 0.1) is 35.5 Å². The Morgan fingerprint density at radius 3 is 0.971 bits per heavy atom. The second-order valence-electron chi connectivity index (χ2n) is 12.8. The van der Waals surface area contributed by atoms with Crippen LogP contribution in [0.1, 0.15) is 154 Å². The van der Waals surface area contributed by atoms with Crippen LogP contribution in [0.15, 0.2) is 0 Å². The second-order valence-corrected chi connectivity index (χ2v) is 12.8. The van der Waals surface area contributed by atoms with Gasteiger partial charge in [0.2, 0.25) is 0 Å². The molecule has 3 nitrogen and oxygen atoms in total. The van der Waals surface area contributed by atoms with Crippen LogP contribution in [-0.4, -0.2) is 11.9 Å². The number of carbonyl (C=O) groups is 2. The average molecular weight is 487 g/mol. The minimum absolute atomic E-state index is 0.251. The number of carbonyl (C=O) groups excluding carboxylic acids is 2. The summed E-state index contributed by atoms with van der Waals surface area (Å²) in [6, 6.07) is 0. The Morgan fingerprint density at radius 2 is 0.714 bits per heavy atom. The number of rotatable bonds is 10. The lowest BCUT2D eigenvalue weighted by atomic mass is 9.68. The van der Waals surface area contributed by atoms with Crippen LogP contribution in [0.3, 0.4) is 0 Å². The lowest BCUT2D eigenvalue weighted by Gasteiger charge is -2.38. The smallest absolute Gasteiger partial charge is 0.313 e. The summed E-state index contributed by atoms with van der Waals surface area (Å²) in [6.45, 7) is 0. The van der Waals surface area contributed by atoms with E-state index in [0.717, 1.165) is 36.5 Å². The molecule has 4 saturated carbocycles. The monoisotopic (exact) mass is 486 g/mol. The van der Waals surface area contributed by atoms with E-state index in [9.17, 15) is 9.59 Å². The molecule has 0 spiro atoms. The molecule has 4 fully saturated rings. The van der Waals surface area contributed by atoms with Crippen LogP contribution in [0.5, 0.6) is 0 Å². The van der Waals surface area contributed by atoms with E-state index in [4.69, 9.17) is 4.74 Å². The molecule has 4 aliphatic rings. The van der Waals surface area contributed by atoms with Gasteiger partial charge in [-0.05, 0) is 48.3 Å². The van der Waals surface area contributed by atoms with Crippen LogP contribution >= 0.6 is 0 Å². The molecule has 3 heteroatoms. The molecule has 0 aromatic carbocycles. The van der Waals surface area contributed by atoms with Gasteiger partial charge >= 0.3 is 11.9 Å². The van der Waals surface area contributed by atoms with Gasteiger partial charge in [-0.25, -0.2) is 0 Å². The molecule has 0 bridgehead atoms. The summed E-state index contributed by atoms with van der Waals surface area (Å²) in [4.78, 5) is 25.5. The van der Waals surface area contributed by atoms with Gasteiger partial charge in [-0.2, -0.15) is 0 Å². The summed E-state index contributed by atoms with van der Waals surface area (Å²) in [6.07, 6.45) is 29.9. The maximum Gasteiger partial charge on any atom is 0.313 e. The summed E-state index contributed by atoms with van der Waals surface area (Å²) in [5, 5.41) is 0. The van der Waals surface area contributed by atoms with E-state index in [0.29, 0.717) is 24.7 Å². The molecule has 0 radical (unpaired) electrons.